The maximum atomic E-state index is 12.6. The van der Waals surface area contributed by atoms with Crippen LogP contribution in [0.2, 0.25) is 0 Å². The molecule has 2 aromatic heterocycles. The summed E-state index contributed by atoms with van der Waals surface area (Å²) in [7, 11) is 0. The lowest BCUT2D eigenvalue weighted by atomic mass is 9.96. The molecule has 2 aliphatic rings. The fourth-order valence-corrected chi connectivity index (χ4v) is 3.92. The van der Waals surface area contributed by atoms with E-state index >= 15 is 0 Å². The van der Waals surface area contributed by atoms with Crippen LogP contribution in [0.3, 0.4) is 0 Å². The summed E-state index contributed by atoms with van der Waals surface area (Å²) >= 11 is 0. The number of aryl methyl sites for hydroxylation is 1. The normalized spacial score (nSPS) is 22.2. The second kappa shape index (κ2) is 6.37. The van der Waals surface area contributed by atoms with E-state index in [-0.39, 0.29) is 11.8 Å². The fraction of sp³-hybridized carbons (Fsp3) is 0.647. The first kappa shape index (κ1) is 15.4. The average Bonchev–Trinajstić information content (AvgIpc) is 3.25. The monoisotopic (exact) mass is 329 g/mol. The summed E-state index contributed by atoms with van der Waals surface area (Å²) in [4.78, 5) is 23.4. The molecule has 1 N–H and O–H groups in total. The van der Waals surface area contributed by atoms with E-state index in [9.17, 15) is 4.79 Å². The van der Waals surface area contributed by atoms with Crippen LogP contribution < -0.4 is 10.2 Å². The second-order valence-electron chi connectivity index (χ2n) is 6.92. The van der Waals surface area contributed by atoms with Crippen LogP contribution in [0, 0.1) is 12.8 Å². The molecule has 7 heteroatoms. The van der Waals surface area contributed by atoms with Gasteiger partial charge in [0.2, 0.25) is 5.91 Å². The van der Waals surface area contributed by atoms with Gasteiger partial charge in [-0.3, -0.25) is 4.79 Å². The van der Waals surface area contributed by atoms with Crippen molar-refractivity contribution in [1.29, 1.82) is 0 Å². The first-order valence-electron chi connectivity index (χ1n) is 8.84. The molecule has 1 saturated heterocycles. The van der Waals surface area contributed by atoms with Crippen LogP contribution in [0.1, 0.15) is 44.2 Å². The van der Waals surface area contributed by atoms with Gasteiger partial charge in [-0.15, -0.1) is 0 Å². The van der Waals surface area contributed by atoms with Gasteiger partial charge in [0, 0.05) is 19.1 Å². The van der Waals surface area contributed by atoms with E-state index in [1.807, 2.05) is 6.92 Å². The highest BCUT2D eigenvalue weighted by molar-refractivity contribution is 5.88. The average molecular weight is 329 g/mol. The van der Waals surface area contributed by atoms with Gasteiger partial charge in [-0.05, 0) is 32.6 Å². The molecule has 0 bridgehead atoms. The smallest absolute Gasteiger partial charge is 0.263 e. The molecule has 0 spiro atoms. The number of amides is 1. The van der Waals surface area contributed by atoms with Crippen molar-refractivity contribution in [1.82, 2.24) is 20.4 Å². The topological polar surface area (TPSA) is 84.2 Å². The molecule has 1 unspecified atom stereocenters. The molecule has 128 valence electrons. The first-order chi connectivity index (χ1) is 11.7. The number of nitrogens with zero attached hydrogens (tertiary/aromatic N) is 4. The molecular weight excluding hydrogens is 306 g/mol. The summed E-state index contributed by atoms with van der Waals surface area (Å²) < 4.78 is 5.24. The van der Waals surface area contributed by atoms with E-state index in [0.717, 1.165) is 49.1 Å². The van der Waals surface area contributed by atoms with Crippen LogP contribution in [-0.4, -0.2) is 40.2 Å². The van der Waals surface area contributed by atoms with Gasteiger partial charge in [0.05, 0.1) is 11.6 Å². The summed E-state index contributed by atoms with van der Waals surface area (Å²) in [6.07, 6.45) is 8.12. The zero-order chi connectivity index (χ0) is 16.5. The van der Waals surface area contributed by atoms with Crippen LogP contribution in [0.15, 0.2) is 10.9 Å². The summed E-state index contributed by atoms with van der Waals surface area (Å²) in [5.41, 5.74) is 1.30. The van der Waals surface area contributed by atoms with Crippen LogP contribution in [-0.2, 0) is 4.79 Å². The molecular formula is C17H23N5O2. The Bertz CT molecular complexity index is 738. The highest BCUT2D eigenvalue weighted by Gasteiger charge is 2.30. The van der Waals surface area contributed by atoms with Gasteiger partial charge in [-0.1, -0.05) is 18.0 Å². The van der Waals surface area contributed by atoms with Gasteiger partial charge in [0.15, 0.2) is 0 Å². The number of aromatic nitrogens is 3. The molecule has 1 atom stereocenters. The minimum Gasteiger partial charge on any atom is -0.355 e. The van der Waals surface area contributed by atoms with E-state index in [1.165, 1.54) is 19.2 Å². The van der Waals surface area contributed by atoms with Crippen molar-refractivity contribution in [3.8, 4) is 0 Å². The van der Waals surface area contributed by atoms with Crippen molar-refractivity contribution in [2.75, 3.05) is 18.0 Å². The first-order valence-corrected chi connectivity index (χ1v) is 8.84. The van der Waals surface area contributed by atoms with Gasteiger partial charge in [-0.2, -0.15) is 4.98 Å². The number of carbonyl (C=O) groups excluding carboxylic acids is 1. The zero-order valence-electron chi connectivity index (χ0n) is 14.0. The number of hydrogen-bond acceptors (Lipinski definition) is 6. The van der Waals surface area contributed by atoms with Crippen LogP contribution >= 0.6 is 0 Å². The number of rotatable bonds is 3. The third-order valence-electron chi connectivity index (χ3n) is 5.22. The summed E-state index contributed by atoms with van der Waals surface area (Å²) in [5, 5.41) is 8.08. The molecule has 2 fully saturated rings. The van der Waals surface area contributed by atoms with Gasteiger partial charge in [-0.25, -0.2) is 4.98 Å². The van der Waals surface area contributed by atoms with Crippen molar-refractivity contribution in [3.63, 3.8) is 0 Å². The lowest BCUT2D eigenvalue weighted by Gasteiger charge is -2.33. The maximum Gasteiger partial charge on any atom is 0.263 e. The summed E-state index contributed by atoms with van der Waals surface area (Å²) in [5.74, 6) is 1.04. The SMILES string of the molecule is Cc1noc2ncnc(N3CCCC(C(=O)NC4CCCC4)C3)c12. The van der Waals surface area contributed by atoms with Crippen LogP contribution in [0.25, 0.3) is 11.1 Å². The Morgan fingerprint density at radius 2 is 2.08 bits per heavy atom. The van der Waals surface area contributed by atoms with E-state index in [1.54, 1.807) is 0 Å². The third-order valence-corrected chi connectivity index (χ3v) is 5.22. The van der Waals surface area contributed by atoms with E-state index in [4.69, 9.17) is 4.52 Å². The molecule has 7 nitrogen and oxygen atoms in total. The molecule has 4 rings (SSSR count). The number of fused-ring (bicyclic) bond motifs is 1. The van der Waals surface area contributed by atoms with E-state index < -0.39 is 0 Å². The Balaban J connectivity index is 1.51. The summed E-state index contributed by atoms with van der Waals surface area (Å²) in [6, 6.07) is 0.374. The number of nitrogens with one attached hydrogen (secondary N) is 1. The van der Waals surface area contributed by atoms with Crippen molar-refractivity contribution in [2.24, 2.45) is 5.92 Å². The molecule has 0 radical (unpaired) electrons. The molecule has 1 saturated carbocycles. The molecule has 1 amide bonds. The maximum absolute atomic E-state index is 12.6. The second-order valence-corrected chi connectivity index (χ2v) is 6.92. The molecule has 2 aromatic rings. The van der Waals surface area contributed by atoms with Crippen LogP contribution in [0.5, 0.6) is 0 Å². The predicted molar refractivity (Wildman–Crippen MR) is 89.7 cm³/mol. The molecule has 1 aliphatic heterocycles. The third kappa shape index (κ3) is 2.83. The Morgan fingerprint density at radius 3 is 2.92 bits per heavy atom. The molecule has 24 heavy (non-hydrogen) atoms. The molecule has 1 aliphatic carbocycles. The lowest BCUT2D eigenvalue weighted by molar-refractivity contribution is -0.125. The number of hydrogen-bond donors (Lipinski definition) is 1. The quantitative estimate of drug-likeness (QED) is 0.929. The highest BCUT2D eigenvalue weighted by atomic mass is 16.5. The zero-order valence-corrected chi connectivity index (χ0v) is 14.0. The molecule has 3 heterocycles. The number of anilines is 1. The Morgan fingerprint density at radius 1 is 1.25 bits per heavy atom. The predicted octanol–water partition coefficient (Wildman–Crippen LogP) is 2.20. The van der Waals surface area contributed by atoms with Gasteiger partial charge >= 0.3 is 0 Å². The number of piperidine rings is 1. The lowest BCUT2D eigenvalue weighted by Crippen LogP contribution is -2.45. The van der Waals surface area contributed by atoms with Gasteiger partial charge < -0.3 is 14.7 Å². The minimum atomic E-state index is 0.0181. The van der Waals surface area contributed by atoms with E-state index in [2.05, 4.69) is 25.3 Å². The van der Waals surface area contributed by atoms with Crippen molar-refractivity contribution >= 4 is 22.8 Å². The fourth-order valence-electron chi connectivity index (χ4n) is 3.92. The van der Waals surface area contributed by atoms with Gasteiger partial charge in [0.25, 0.3) is 5.71 Å². The Kier molecular flexibility index (Phi) is 4.08. The standard InChI is InChI=1S/C17H23N5O2/c1-11-14-15(18-10-19-17(14)24-21-11)22-8-4-5-12(9-22)16(23)20-13-6-2-3-7-13/h10,12-13H,2-9H2,1H3,(H,20,23). The Labute approximate surface area is 140 Å². The van der Waals surface area contributed by atoms with E-state index in [0.29, 0.717) is 18.3 Å². The van der Waals surface area contributed by atoms with Crippen molar-refractivity contribution in [2.45, 2.75) is 51.5 Å². The number of carbonyl (C=O) groups is 1. The van der Waals surface area contributed by atoms with Crippen molar-refractivity contribution in [3.05, 3.63) is 12.0 Å². The molecule has 0 aromatic carbocycles. The van der Waals surface area contributed by atoms with Crippen LogP contribution in [0.4, 0.5) is 5.82 Å². The largest absolute Gasteiger partial charge is 0.355 e. The van der Waals surface area contributed by atoms with Crippen molar-refractivity contribution < 1.29 is 9.32 Å². The highest BCUT2D eigenvalue weighted by Crippen LogP contribution is 2.29. The summed E-state index contributed by atoms with van der Waals surface area (Å²) in [6.45, 7) is 3.48. The minimum absolute atomic E-state index is 0.0181. The Hall–Kier alpha value is -2.18. The van der Waals surface area contributed by atoms with Gasteiger partial charge in [0.1, 0.15) is 17.5 Å².